The van der Waals surface area contributed by atoms with Crippen LogP contribution < -0.4 is 20.1 Å². The first-order valence-electron chi connectivity index (χ1n) is 6.91. The highest BCUT2D eigenvalue weighted by atomic mass is 35.5. The number of carbonyl (C=O) groups excluding carboxylic acids is 1. The molecule has 5 nitrogen and oxygen atoms in total. The average molecular weight is 333 g/mol. The summed E-state index contributed by atoms with van der Waals surface area (Å²) in [5.41, 5.74) is 0.715. The van der Waals surface area contributed by atoms with Crippen LogP contribution in [0.4, 0.5) is 8.78 Å². The van der Waals surface area contributed by atoms with Crippen LogP contribution in [-0.4, -0.2) is 37.6 Å². The monoisotopic (exact) mass is 332 g/mol. The standard InChI is InChI=1S/C14H15ClF2N2O3/c15-9-3-8(4-11-12(9)22-2-1-21-11)6-18-13(20)10-5-14(16,17)7-19-10/h3-4,10,19H,1-2,5-7H2,(H,18,20). The van der Waals surface area contributed by atoms with Gasteiger partial charge in [-0.1, -0.05) is 11.6 Å². The molecule has 1 amide bonds. The van der Waals surface area contributed by atoms with Gasteiger partial charge in [-0.3, -0.25) is 10.1 Å². The van der Waals surface area contributed by atoms with Crippen LogP contribution in [0.3, 0.4) is 0 Å². The SMILES string of the molecule is O=C(NCc1cc(Cl)c2c(c1)OCCO2)C1CC(F)(F)CN1. The topological polar surface area (TPSA) is 59.6 Å². The Hall–Kier alpha value is -1.60. The first-order valence-corrected chi connectivity index (χ1v) is 7.29. The van der Waals surface area contributed by atoms with Crippen LogP contribution in [-0.2, 0) is 11.3 Å². The molecule has 1 unspecified atom stereocenters. The molecule has 2 heterocycles. The highest BCUT2D eigenvalue weighted by molar-refractivity contribution is 6.32. The molecular formula is C14H15ClF2N2O3. The van der Waals surface area contributed by atoms with Gasteiger partial charge < -0.3 is 14.8 Å². The van der Waals surface area contributed by atoms with Gasteiger partial charge in [0.1, 0.15) is 13.2 Å². The maximum atomic E-state index is 13.1. The van der Waals surface area contributed by atoms with Crippen LogP contribution in [0.5, 0.6) is 11.5 Å². The Balaban J connectivity index is 1.62. The van der Waals surface area contributed by atoms with Gasteiger partial charge in [-0.2, -0.15) is 0 Å². The normalized spacial score (nSPS) is 22.4. The lowest BCUT2D eigenvalue weighted by Crippen LogP contribution is -2.40. The predicted molar refractivity (Wildman–Crippen MR) is 75.6 cm³/mol. The molecule has 2 aliphatic heterocycles. The summed E-state index contributed by atoms with van der Waals surface area (Å²) in [6, 6.07) is 2.51. The highest BCUT2D eigenvalue weighted by Crippen LogP contribution is 2.38. The molecule has 0 saturated carbocycles. The van der Waals surface area contributed by atoms with E-state index in [2.05, 4.69) is 10.6 Å². The summed E-state index contributed by atoms with van der Waals surface area (Å²) >= 11 is 6.10. The number of ether oxygens (including phenoxy) is 2. The van der Waals surface area contributed by atoms with Gasteiger partial charge in [-0.25, -0.2) is 8.78 Å². The smallest absolute Gasteiger partial charge is 0.262 e. The molecule has 0 bridgehead atoms. The third kappa shape index (κ3) is 3.25. The van der Waals surface area contributed by atoms with Crippen molar-refractivity contribution in [1.82, 2.24) is 10.6 Å². The second-order valence-corrected chi connectivity index (χ2v) is 5.72. The summed E-state index contributed by atoms with van der Waals surface area (Å²) < 4.78 is 37.0. The third-order valence-electron chi connectivity index (χ3n) is 3.55. The van der Waals surface area contributed by atoms with Gasteiger partial charge in [-0.05, 0) is 17.7 Å². The van der Waals surface area contributed by atoms with Crippen molar-refractivity contribution in [2.24, 2.45) is 0 Å². The summed E-state index contributed by atoms with van der Waals surface area (Å²) in [4.78, 5) is 11.9. The lowest BCUT2D eigenvalue weighted by atomic mass is 10.1. The Morgan fingerprint density at radius 1 is 1.41 bits per heavy atom. The maximum Gasteiger partial charge on any atom is 0.262 e. The number of fused-ring (bicyclic) bond motifs is 1. The van der Waals surface area contributed by atoms with Crippen LogP contribution in [0, 0.1) is 0 Å². The summed E-state index contributed by atoms with van der Waals surface area (Å²) in [6.07, 6.45) is -0.485. The van der Waals surface area contributed by atoms with E-state index in [1.807, 2.05) is 0 Å². The first kappa shape index (κ1) is 15.3. The number of amides is 1. The van der Waals surface area contributed by atoms with Crippen LogP contribution >= 0.6 is 11.6 Å². The molecule has 120 valence electrons. The fraction of sp³-hybridized carbons (Fsp3) is 0.500. The fourth-order valence-electron chi connectivity index (χ4n) is 2.48. The summed E-state index contributed by atoms with van der Waals surface area (Å²) in [6.45, 7) is 0.574. The van der Waals surface area contributed by atoms with Crippen molar-refractivity contribution in [3.8, 4) is 11.5 Å². The average Bonchev–Trinajstić information content (AvgIpc) is 2.85. The minimum atomic E-state index is -2.83. The van der Waals surface area contributed by atoms with Crippen molar-refractivity contribution in [3.63, 3.8) is 0 Å². The van der Waals surface area contributed by atoms with Crippen LogP contribution in [0.25, 0.3) is 0 Å². The number of rotatable bonds is 3. The van der Waals surface area contributed by atoms with E-state index in [9.17, 15) is 13.6 Å². The lowest BCUT2D eigenvalue weighted by molar-refractivity contribution is -0.123. The molecule has 1 aromatic rings. The minimum absolute atomic E-state index is 0.180. The van der Waals surface area contributed by atoms with Gasteiger partial charge in [0.05, 0.1) is 17.6 Å². The third-order valence-corrected chi connectivity index (χ3v) is 3.83. The summed E-state index contributed by atoms with van der Waals surface area (Å²) in [5, 5.41) is 5.53. The molecule has 2 N–H and O–H groups in total. The Bertz CT molecular complexity index is 598. The molecule has 22 heavy (non-hydrogen) atoms. The fourth-order valence-corrected chi connectivity index (χ4v) is 2.77. The predicted octanol–water partition coefficient (Wildman–Crippen LogP) is 1.72. The van der Waals surface area contributed by atoms with Gasteiger partial charge in [0, 0.05) is 13.0 Å². The molecular weight excluding hydrogens is 318 g/mol. The van der Waals surface area contributed by atoms with Crippen molar-refractivity contribution in [2.45, 2.75) is 24.9 Å². The Morgan fingerprint density at radius 2 is 2.18 bits per heavy atom. The number of hydrogen-bond acceptors (Lipinski definition) is 4. The van der Waals surface area contributed by atoms with Crippen molar-refractivity contribution in [3.05, 3.63) is 22.7 Å². The highest BCUT2D eigenvalue weighted by Gasteiger charge is 2.42. The van der Waals surface area contributed by atoms with Crippen molar-refractivity contribution in [2.75, 3.05) is 19.8 Å². The molecule has 0 aliphatic carbocycles. The van der Waals surface area contributed by atoms with Gasteiger partial charge in [0.25, 0.3) is 5.92 Å². The van der Waals surface area contributed by atoms with Gasteiger partial charge >= 0.3 is 0 Å². The Labute approximate surface area is 130 Å². The number of halogens is 3. The van der Waals surface area contributed by atoms with Crippen molar-refractivity contribution in [1.29, 1.82) is 0 Å². The van der Waals surface area contributed by atoms with Crippen molar-refractivity contribution < 1.29 is 23.0 Å². The lowest BCUT2D eigenvalue weighted by Gasteiger charge is -2.20. The van der Waals surface area contributed by atoms with E-state index in [-0.39, 0.29) is 6.54 Å². The number of hydrogen-bond donors (Lipinski definition) is 2. The zero-order valence-electron chi connectivity index (χ0n) is 11.6. The summed E-state index contributed by atoms with van der Waals surface area (Å²) in [7, 11) is 0. The Kier molecular flexibility index (Phi) is 4.10. The molecule has 1 aromatic carbocycles. The quantitative estimate of drug-likeness (QED) is 0.885. The molecule has 1 fully saturated rings. The van der Waals surface area contributed by atoms with Crippen LogP contribution in [0.15, 0.2) is 12.1 Å². The van der Waals surface area contributed by atoms with Crippen molar-refractivity contribution >= 4 is 17.5 Å². The van der Waals surface area contributed by atoms with E-state index in [1.165, 1.54) is 0 Å². The summed E-state index contributed by atoms with van der Waals surface area (Å²) in [5.74, 6) is -2.28. The van der Waals surface area contributed by atoms with E-state index in [0.29, 0.717) is 35.3 Å². The van der Waals surface area contributed by atoms with E-state index in [4.69, 9.17) is 21.1 Å². The van der Waals surface area contributed by atoms with E-state index in [1.54, 1.807) is 12.1 Å². The molecule has 8 heteroatoms. The Morgan fingerprint density at radius 3 is 2.91 bits per heavy atom. The van der Waals surface area contributed by atoms with E-state index < -0.39 is 30.8 Å². The number of carbonyl (C=O) groups is 1. The maximum absolute atomic E-state index is 13.1. The largest absolute Gasteiger partial charge is 0.486 e. The molecule has 3 rings (SSSR count). The number of nitrogens with one attached hydrogen (secondary N) is 2. The second kappa shape index (κ2) is 5.89. The van der Waals surface area contributed by atoms with E-state index >= 15 is 0 Å². The van der Waals surface area contributed by atoms with Crippen LogP contribution in [0.2, 0.25) is 5.02 Å². The number of alkyl halides is 2. The number of benzene rings is 1. The molecule has 2 aliphatic rings. The molecule has 0 radical (unpaired) electrons. The van der Waals surface area contributed by atoms with Gasteiger partial charge in [-0.15, -0.1) is 0 Å². The van der Waals surface area contributed by atoms with Gasteiger partial charge in [0.15, 0.2) is 11.5 Å². The van der Waals surface area contributed by atoms with Gasteiger partial charge in [0.2, 0.25) is 5.91 Å². The second-order valence-electron chi connectivity index (χ2n) is 5.31. The van der Waals surface area contributed by atoms with E-state index in [0.717, 1.165) is 0 Å². The zero-order valence-corrected chi connectivity index (χ0v) is 12.4. The minimum Gasteiger partial charge on any atom is -0.486 e. The molecule has 0 spiro atoms. The zero-order chi connectivity index (χ0) is 15.7. The molecule has 1 saturated heterocycles. The van der Waals surface area contributed by atoms with Crippen LogP contribution in [0.1, 0.15) is 12.0 Å². The molecule has 1 atom stereocenters. The molecule has 0 aromatic heterocycles. The first-order chi connectivity index (χ1) is 10.4.